The first-order valence-corrected chi connectivity index (χ1v) is 10.9. The molecule has 4 rings (SSSR count). The van der Waals surface area contributed by atoms with Crippen molar-refractivity contribution in [1.29, 1.82) is 5.26 Å². The van der Waals surface area contributed by atoms with E-state index in [1.54, 1.807) is 4.90 Å². The average molecular weight is 433 g/mol. The Morgan fingerprint density at radius 3 is 2.47 bits per heavy atom. The SMILES string of the molecule is CC(C)(C)OC(=O)N1CCC(Oc2nc3ccccc3n2Cc2ccc(C#N)cc2)CC1. The Hall–Kier alpha value is -3.53. The van der Waals surface area contributed by atoms with Gasteiger partial charge < -0.3 is 14.4 Å². The number of amides is 1. The van der Waals surface area contributed by atoms with Gasteiger partial charge in [-0.15, -0.1) is 0 Å². The average Bonchev–Trinajstić information content (AvgIpc) is 3.10. The first-order chi connectivity index (χ1) is 15.3. The van der Waals surface area contributed by atoms with E-state index in [-0.39, 0.29) is 12.2 Å². The lowest BCUT2D eigenvalue weighted by molar-refractivity contribution is 0.0116. The van der Waals surface area contributed by atoms with Crippen LogP contribution in [0.3, 0.4) is 0 Å². The van der Waals surface area contributed by atoms with Crippen molar-refractivity contribution in [3.05, 3.63) is 59.7 Å². The Labute approximate surface area is 188 Å². The topological polar surface area (TPSA) is 80.4 Å². The highest BCUT2D eigenvalue weighted by atomic mass is 16.6. The molecule has 7 nitrogen and oxygen atoms in total. The van der Waals surface area contributed by atoms with Crippen LogP contribution in [0, 0.1) is 11.3 Å². The maximum Gasteiger partial charge on any atom is 0.410 e. The number of benzene rings is 2. The second-order valence-electron chi connectivity index (χ2n) is 9.06. The second kappa shape index (κ2) is 8.91. The second-order valence-corrected chi connectivity index (χ2v) is 9.06. The van der Waals surface area contributed by atoms with Crippen molar-refractivity contribution < 1.29 is 14.3 Å². The van der Waals surface area contributed by atoms with Gasteiger partial charge >= 0.3 is 6.09 Å². The van der Waals surface area contributed by atoms with Crippen molar-refractivity contribution in [2.75, 3.05) is 13.1 Å². The van der Waals surface area contributed by atoms with Crippen LogP contribution >= 0.6 is 0 Å². The fourth-order valence-corrected chi connectivity index (χ4v) is 3.80. The number of imidazole rings is 1. The molecule has 0 aliphatic carbocycles. The number of fused-ring (bicyclic) bond motifs is 1. The summed E-state index contributed by atoms with van der Waals surface area (Å²) < 4.78 is 13.9. The number of carbonyl (C=O) groups excluding carboxylic acids is 1. The van der Waals surface area contributed by atoms with Crippen LogP contribution in [0.25, 0.3) is 11.0 Å². The molecule has 0 spiro atoms. The molecule has 1 aromatic heterocycles. The van der Waals surface area contributed by atoms with E-state index in [1.165, 1.54) is 0 Å². The molecule has 166 valence electrons. The highest BCUT2D eigenvalue weighted by Crippen LogP contribution is 2.26. The summed E-state index contributed by atoms with van der Waals surface area (Å²) in [4.78, 5) is 18.8. The summed E-state index contributed by atoms with van der Waals surface area (Å²) in [6, 6.07) is 18.2. The van der Waals surface area contributed by atoms with E-state index in [2.05, 4.69) is 10.6 Å². The molecule has 0 atom stereocenters. The number of aromatic nitrogens is 2. The molecule has 1 aliphatic rings. The zero-order chi connectivity index (χ0) is 22.7. The minimum Gasteiger partial charge on any atom is -0.461 e. The Morgan fingerprint density at radius 2 is 1.81 bits per heavy atom. The smallest absolute Gasteiger partial charge is 0.410 e. The van der Waals surface area contributed by atoms with E-state index in [1.807, 2.05) is 69.3 Å². The minimum absolute atomic E-state index is 0.0230. The third kappa shape index (κ3) is 5.02. The minimum atomic E-state index is -0.499. The maximum absolute atomic E-state index is 12.3. The lowest BCUT2D eigenvalue weighted by atomic mass is 10.1. The maximum atomic E-state index is 12.3. The molecule has 1 fully saturated rings. The first-order valence-electron chi connectivity index (χ1n) is 10.9. The summed E-state index contributed by atoms with van der Waals surface area (Å²) in [5.41, 5.74) is 3.08. The molecule has 1 amide bonds. The van der Waals surface area contributed by atoms with Crippen LogP contribution in [0.5, 0.6) is 6.01 Å². The number of likely N-dealkylation sites (tertiary alicyclic amines) is 1. The van der Waals surface area contributed by atoms with E-state index in [9.17, 15) is 4.79 Å². The molecule has 3 aromatic rings. The van der Waals surface area contributed by atoms with Gasteiger partial charge in [0.25, 0.3) is 6.01 Å². The largest absolute Gasteiger partial charge is 0.461 e. The highest BCUT2D eigenvalue weighted by Gasteiger charge is 2.28. The molecule has 2 aromatic carbocycles. The van der Waals surface area contributed by atoms with Crippen molar-refractivity contribution in [3.63, 3.8) is 0 Å². The number of piperidine rings is 1. The molecule has 0 saturated carbocycles. The fraction of sp³-hybridized carbons (Fsp3) is 0.400. The fourth-order valence-electron chi connectivity index (χ4n) is 3.80. The van der Waals surface area contributed by atoms with Crippen molar-refractivity contribution in [2.45, 2.75) is 51.9 Å². The summed E-state index contributed by atoms with van der Waals surface area (Å²) in [5.74, 6) is 0. The van der Waals surface area contributed by atoms with Crippen LogP contribution in [0.4, 0.5) is 4.79 Å². The molecule has 2 heterocycles. The van der Waals surface area contributed by atoms with Crippen LogP contribution in [0.2, 0.25) is 0 Å². The van der Waals surface area contributed by atoms with E-state index in [4.69, 9.17) is 19.7 Å². The van der Waals surface area contributed by atoms with Crippen molar-refractivity contribution in [3.8, 4) is 12.1 Å². The number of rotatable bonds is 4. The van der Waals surface area contributed by atoms with Crippen molar-refractivity contribution >= 4 is 17.1 Å². The highest BCUT2D eigenvalue weighted by molar-refractivity contribution is 5.76. The standard InChI is InChI=1S/C25H28N4O3/c1-25(2,3)32-24(30)28-14-12-20(13-15-28)31-23-27-21-6-4-5-7-22(21)29(23)17-19-10-8-18(16-26)9-11-19/h4-11,20H,12-15,17H2,1-3H3. The molecular formula is C25H28N4O3. The van der Waals surface area contributed by atoms with Crippen LogP contribution < -0.4 is 4.74 Å². The predicted molar refractivity (Wildman–Crippen MR) is 121 cm³/mol. The van der Waals surface area contributed by atoms with Crippen LogP contribution in [-0.2, 0) is 11.3 Å². The summed E-state index contributed by atoms with van der Waals surface area (Å²) in [6.45, 7) is 7.40. The summed E-state index contributed by atoms with van der Waals surface area (Å²) in [6.07, 6.45) is 1.15. The van der Waals surface area contributed by atoms with E-state index >= 15 is 0 Å². The molecular weight excluding hydrogens is 404 g/mol. The summed E-state index contributed by atoms with van der Waals surface area (Å²) in [5, 5.41) is 9.04. The van der Waals surface area contributed by atoms with Crippen molar-refractivity contribution in [1.82, 2.24) is 14.5 Å². The summed E-state index contributed by atoms with van der Waals surface area (Å²) >= 11 is 0. The van der Waals surface area contributed by atoms with E-state index < -0.39 is 5.60 Å². The number of nitrogens with zero attached hydrogens (tertiary/aromatic N) is 4. The molecule has 1 aliphatic heterocycles. The quantitative estimate of drug-likeness (QED) is 0.595. The molecule has 0 radical (unpaired) electrons. The monoisotopic (exact) mass is 432 g/mol. The van der Waals surface area contributed by atoms with Gasteiger partial charge in [-0.1, -0.05) is 24.3 Å². The van der Waals surface area contributed by atoms with Crippen molar-refractivity contribution in [2.24, 2.45) is 0 Å². The van der Waals surface area contributed by atoms with Crippen LogP contribution in [0.15, 0.2) is 48.5 Å². The molecule has 7 heteroatoms. The molecule has 0 N–H and O–H groups in total. The van der Waals surface area contributed by atoms with E-state index in [0.29, 0.717) is 31.2 Å². The van der Waals surface area contributed by atoms with Gasteiger partial charge in [0.2, 0.25) is 0 Å². The third-order valence-electron chi connectivity index (χ3n) is 5.41. The van der Waals surface area contributed by atoms with Gasteiger partial charge in [0.1, 0.15) is 11.7 Å². The van der Waals surface area contributed by atoms with Gasteiger partial charge in [0.15, 0.2) is 0 Å². The molecule has 1 saturated heterocycles. The Kier molecular flexibility index (Phi) is 6.04. The first kappa shape index (κ1) is 21.7. The number of nitriles is 1. The summed E-state index contributed by atoms with van der Waals surface area (Å²) in [7, 11) is 0. The van der Waals surface area contributed by atoms with Gasteiger partial charge in [-0.25, -0.2) is 4.79 Å². The molecule has 0 bridgehead atoms. The Morgan fingerprint density at radius 1 is 1.12 bits per heavy atom. The lowest BCUT2D eigenvalue weighted by Crippen LogP contribution is -2.44. The van der Waals surface area contributed by atoms with Crippen LogP contribution in [-0.4, -0.2) is 45.3 Å². The van der Waals surface area contributed by atoms with Gasteiger partial charge in [0.05, 0.1) is 29.2 Å². The van der Waals surface area contributed by atoms with Gasteiger partial charge in [0, 0.05) is 25.9 Å². The lowest BCUT2D eigenvalue weighted by Gasteiger charge is -2.33. The third-order valence-corrected chi connectivity index (χ3v) is 5.41. The normalized spacial score (nSPS) is 14.9. The predicted octanol–water partition coefficient (Wildman–Crippen LogP) is 4.73. The Bertz CT molecular complexity index is 1130. The number of para-hydroxylation sites is 2. The number of hydrogen-bond donors (Lipinski definition) is 0. The molecule has 32 heavy (non-hydrogen) atoms. The number of ether oxygens (including phenoxy) is 2. The van der Waals surface area contributed by atoms with Crippen LogP contribution in [0.1, 0.15) is 44.7 Å². The zero-order valence-corrected chi connectivity index (χ0v) is 18.7. The zero-order valence-electron chi connectivity index (χ0n) is 18.7. The van der Waals surface area contributed by atoms with Gasteiger partial charge in [-0.3, -0.25) is 4.57 Å². The van der Waals surface area contributed by atoms with E-state index in [0.717, 1.165) is 29.4 Å². The van der Waals surface area contributed by atoms with Gasteiger partial charge in [-0.2, -0.15) is 10.2 Å². The number of hydrogen-bond acceptors (Lipinski definition) is 5. The number of carbonyl (C=O) groups is 1. The molecule has 0 unspecified atom stereocenters. The van der Waals surface area contributed by atoms with Gasteiger partial charge in [-0.05, 0) is 50.6 Å². The Balaban J connectivity index is 1.48.